The summed E-state index contributed by atoms with van der Waals surface area (Å²) in [4.78, 5) is 16.2. The Morgan fingerprint density at radius 1 is 1.60 bits per heavy atom. The first-order chi connectivity index (χ1) is 9.60. The molecule has 1 atom stereocenters. The zero-order valence-electron chi connectivity index (χ0n) is 11.1. The van der Waals surface area contributed by atoms with Gasteiger partial charge in [0.2, 0.25) is 5.91 Å². The summed E-state index contributed by atoms with van der Waals surface area (Å²) in [6, 6.07) is 6.81. The minimum Gasteiger partial charge on any atom is -0.325 e. The van der Waals surface area contributed by atoms with E-state index in [1.165, 1.54) is 0 Å². The molecule has 0 aliphatic heterocycles. The van der Waals surface area contributed by atoms with Crippen LogP contribution in [0.3, 0.4) is 0 Å². The van der Waals surface area contributed by atoms with Crippen LogP contribution < -0.4 is 11.1 Å². The number of nitrogens with two attached hydrogens (primary N) is 1. The van der Waals surface area contributed by atoms with Crippen molar-refractivity contribution < 1.29 is 4.79 Å². The molecule has 1 unspecified atom stereocenters. The number of aryl methyl sites for hydroxylation is 1. The first-order valence-electron chi connectivity index (χ1n) is 6.12. The first-order valence-corrected chi connectivity index (χ1v) is 7.00. The van der Waals surface area contributed by atoms with Crippen molar-refractivity contribution in [3.8, 4) is 23.6 Å². The van der Waals surface area contributed by atoms with Crippen LogP contribution in [0.2, 0.25) is 0 Å². The number of nitrogens with one attached hydrogen (secondary N) is 1. The minimum absolute atomic E-state index is 0.219. The Morgan fingerprint density at radius 3 is 3.05 bits per heavy atom. The van der Waals surface area contributed by atoms with Gasteiger partial charge in [0.1, 0.15) is 0 Å². The number of carbonyl (C=O) groups is 1. The maximum atomic E-state index is 11.8. The lowest BCUT2D eigenvalue weighted by Crippen LogP contribution is -2.35. The van der Waals surface area contributed by atoms with Crippen LogP contribution in [0, 0.1) is 19.3 Å². The molecule has 5 heteroatoms. The normalized spacial score (nSPS) is 11.7. The molecule has 1 aromatic heterocycles. The number of benzene rings is 1. The SMILES string of the molecule is C#CCC(N)C(=O)Nc1cccc(-c2csc(C)n2)c1. The third-order valence-corrected chi connectivity index (χ3v) is 3.49. The maximum absolute atomic E-state index is 11.8. The molecular formula is C15H15N3OS. The number of carbonyl (C=O) groups excluding carboxylic acids is 1. The van der Waals surface area contributed by atoms with Crippen LogP contribution in [0.5, 0.6) is 0 Å². The highest BCUT2D eigenvalue weighted by Crippen LogP contribution is 2.24. The van der Waals surface area contributed by atoms with Gasteiger partial charge in [-0.25, -0.2) is 4.98 Å². The van der Waals surface area contributed by atoms with E-state index in [4.69, 9.17) is 12.2 Å². The average molecular weight is 285 g/mol. The molecule has 0 aliphatic rings. The fourth-order valence-electron chi connectivity index (χ4n) is 1.71. The lowest BCUT2D eigenvalue weighted by molar-refractivity contribution is -0.117. The predicted molar refractivity (Wildman–Crippen MR) is 82.3 cm³/mol. The third-order valence-electron chi connectivity index (χ3n) is 2.72. The van der Waals surface area contributed by atoms with Gasteiger partial charge < -0.3 is 11.1 Å². The van der Waals surface area contributed by atoms with Gasteiger partial charge in [0.25, 0.3) is 0 Å². The van der Waals surface area contributed by atoms with Crippen LogP contribution in [0.25, 0.3) is 11.3 Å². The molecule has 1 aromatic carbocycles. The van der Waals surface area contributed by atoms with Crippen LogP contribution in [0.15, 0.2) is 29.6 Å². The number of anilines is 1. The van der Waals surface area contributed by atoms with Gasteiger partial charge in [-0.15, -0.1) is 23.7 Å². The summed E-state index contributed by atoms with van der Waals surface area (Å²) in [6.07, 6.45) is 5.36. The third kappa shape index (κ3) is 3.44. The summed E-state index contributed by atoms with van der Waals surface area (Å²) >= 11 is 1.59. The quantitative estimate of drug-likeness (QED) is 0.848. The van der Waals surface area contributed by atoms with E-state index in [-0.39, 0.29) is 12.3 Å². The highest BCUT2D eigenvalue weighted by atomic mass is 32.1. The van der Waals surface area contributed by atoms with Crippen molar-refractivity contribution in [1.29, 1.82) is 0 Å². The van der Waals surface area contributed by atoms with Gasteiger partial charge in [-0.3, -0.25) is 4.79 Å². The zero-order valence-corrected chi connectivity index (χ0v) is 11.9. The second-order valence-corrected chi connectivity index (χ2v) is 5.40. The number of rotatable bonds is 4. The molecule has 0 spiro atoms. The van der Waals surface area contributed by atoms with Crippen LogP contribution >= 0.6 is 11.3 Å². The van der Waals surface area contributed by atoms with Gasteiger partial charge in [-0.2, -0.15) is 0 Å². The standard InChI is InChI=1S/C15H15N3OS/c1-3-5-13(16)15(19)18-12-7-4-6-11(8-12)14-9-20-10(2)17-14/h1,4,6-9,13H,5,16H2,2H3,(H,18,19). The second kappa shape index (κ2) is 6.33. The molecule has 4 nitrogen and oxygen atoms in total. The highest BCUT2D eigenvalue weighted by Gasteiger charge is 2.12. The minimum atomic E-state index is -0.690. The average Bonchev–Trinajstić information content (AvgIpc) is 2.86. The second-order valence-electron chi connectivity index (χ2n) is 4.34. The number of hydrogen-bond donors (Lipinski definition) is 2. The van der Waals surface area contributed by atoms with E-state index in [1.54, 1.807) is 11.3 Å². The van der Waals surface area contributed by atoms with Crippen molar-refractivity contribution in [3.63, 3.8) is 0 Å². The Bertz CT molecular complexity index is 657. The summed E-state index contributed by atoms with van der Waals surface area (Å²) in [5.41, 5.74) is 8.20. The molecule has 20 heavy (non-hydrogen) atoms. The van der Waals surface area contributed by atoms with Gasteiger partial charge in [0.15, 0.2) is 0 Å². The number of amides is 1. The number of hydrogen-bond acceptors (Lipinski definition) is 4. The topological polar surface area (TPSA) is 68.0 Å². The summed E-state index contributed by atoms with van der Waals surface area (Å²) in [7, 11) is 0. The van der Waals surface area contributed by atoms with Gasteiger partial charge in [0, 0.05) is 23.1 Å². The van der Waals surface area contributed by atoms with E-state index >= 15 is 0 Å². The molecule has 0 aliphatic carbocycles. The lowest BCUT2D eigenvalue weighted by Gasteiger charge is -2.10. The fourth-order valence-corrected chi connectivity index (χ4v) is 2.33. The van der Waals surface area contributed by atoms with Crippen molar-refractivity contribution in [2.24, 2.45) is 5.73 Å². The summed E-state index contributed by atoms with van der Waals surface area (Å²) in [6.45, 7) is 1.96. The zero-order chi connectivity index (χ0) is 14.5. The largest absolute Gasteiger partial charge is 0.325 e. The van der Waals surface area contributed by atoms with Crippen LogP contribution in [-0.4, -0.2) is 16.9 Å². The Hall–Kier alpha value is -2.16. The molecule has 1 amide bonds. The van der Waals surface area contributed by atoms with Gasteiger partial charge in [-0.1, -0.05) is 12.1 Å². The van der Waals surface area contributed by atoms with Gasteiger partial charge in [0.05, 0.1) is 16.7 Å². The molecule has 2 rings (SSSR count). The maximum Gasteiger partial charge on any atom is 0.242 e. The number of terminal acetylenes is 1. The molecule has 1 heterocycles. The molecule has 0 saturated carbocycles. The van der Waals surface area contributed by atoms with E-state index < -0.39 is 6.04 Å². The monoisotopic (exact) mass is 285 g/mol. The Kier molecular flexibility index (Phi) is 4.51. The Morgan fingerprint density at radius 2 is 2.40 bits per heavy atom. The van der Waals surface area contributed by atoms with Crippen molar-refractivity contribution in [1.82, 2.24) is 4.98 Å². The van der Waals surface area contributed by atoms with Crippen molar-refractivity contribution in [3.05, 3.63) is 34.7 Å². The van der Waals surface area contributed by atoms with Crippen LogP contribution in [-0.2, 0) is 4.79 Å². The van der Waals surface area contributed by atoms with Crippen LogP contribution in [0.4, 0.5) is 5.69 Å². The van der Waals surface area contributed by atoms with E-state index in [1.807, 2.05) is 36.6 Å². The predicted octanol–water partition coefficient (Wildman–Crippen LogP) is 2.41. The number of aromatic nitrogens is 1. The van der Waals surface area contributed by atoms with E-state index in [2.05, 4.69) is 16.2 Å². The Labute approximate surface area is 122 Å². The van der Waals surface area contributed by atoms with Crippen molar-refractivity contribution in [2.75, 3.05) is 5.32 Å². The van der Waals surface area contributed by atoms with E-state index in [0.29, 0.717) is 5.69 Å². The fraction of sp³-hybridized carbons (Fsp3) is 0.200. The molecule has 0 fully saturated rings. The van der Waals surface area contributed by atoms with E-state index in [0.717, 1.165) is 16.3 Å². The number of thiazole rings is 1. The molecular weight excluding hydrogens is 270 g/mol. The van der Waals surface area contributed by atoms with E-state index in [9.17, 15) is 4.79 Å². The molecule has 0 bridgehead atoms. The molecule has 0 saturated heterocycles. The van der Waals surface area contributed by atoms with Crippen molar-refractivity contribution >= 4 is 22.9 Å². The molecule has 2 aromatic rings. The van der Waals surface area contributed by atoms with Gasteiger partial charge >= 0.3 is 0 Å². The summed E-state index contributed by atoms with van der Waals surface area (Å²) in [5.74, 6) is 2.10. The Balaban J connectivity index is 2.15. The molecule has 3 N–H and O–H groups in total. The van der Waals surface area contributed by atoms with Crippen molar-refractivity contribution in [2.45, 2.75) is 19.4 Å². The van der Waals surface area contributed by atoms with Crippen LogP contribution in [0.1, 0.15) is 11.4 Å². The first kappa shape index (κ1) is 14.3. The smallest absolute Gasteiger partial charge is 0.242 e. The number of nitrogens with zero attached hydrogens (tertiary/aromatic N) is 1. The molecule has 102 valence electrons. The van der Waals surface area contributed by atoms with Gasteiger partial charge in [-0.05, 0) is 19.1 Å². The molecule has 0 radical (unpaired) electrons. The lowest BCUT2D eigenvalue weighted by atomic mass is 10.1. The summed E-state index contributed by atoms with van der Waals surface area (Å²) < 4.78 is 0. The summed E-state index contributed by atoms with van der Waals surface area (Å²) in [5, 5.41) is 5.75. The highest BCUT2D eigenvalue weighted by molar-refractivity contribution is 7.09.